The van der Waals surface area contributed by atoms with Crippen molar-refractivity contribution >= 4 is 34.8 Å². The van der Waals surface area contributed by atoms with Crippen LogP contribution >= 0.6 is 12.2 Å². The SMILES string of the molecule is COc1cc(C(=O)NNC(=S)NC(=O)c2cccc([N+](=O)[O-])c2)cc(OC)c1OC. The first-order valence-electron chi connectivity index (χ1n) is 8.26. The molecule has 2 rings (SSSR count). The fraction of sp³-hybridized carbons (Fsp3) is 0.167. The molecule has 0 unspecified atom stereocenters. The number of ether oxygens (including phenoxy) is 3. The van der Waals surface area contributed by atoms with E-state index in [-0.39, 0.29) is 33.4 Å². The molecule has 11 nitrogen and oxygen atoms in total. The monoisotopic (exact) mass is 434 g/mol. The maximum atomic E-state index is 12.4. The Morgan fingerprint density at radius 3 is 2.10 bits per heavy atom. The van der Waals surface area contributed by atoms with Crippen molar-refractivity contribution in [3.63, 3.8) is 0 Å². The number of methoxy groups -OCH3 is 3. The normalized spacial score (nSPS) is 9.83. The van der Waals surface area contributed by atoms with Gasteiger partial charge >= 0.3 is 0 Å². The van der Waals surface area contributed by atoms with Crippen molar-refractivity contribution in [3.05, 3.63) is 57.6 Å². The predicted octanol–water partition coefficient (Wildman–Crippen LogP) is 1.57. The number of carbonyl (C=O) groups excluding carboxylic acids is 2. The highest BCUT2D eigenvalue weighted by atomic mass is 32.1. The molecule has 12 heteroatoms. The van der Waals surface area contributed by atoms with Gasteiger partial charge in [0.2, 0.25) is 5.75 Å². The molecule has 30 heavy (non-hydrogen) atoms. The zero-order valence-corrected chi connectivity index (χ0v) is 17.0. The largest absolute Gasteiger partial charge is 0.493 e. The van der Waals surface area contributed by atoms with Crippen LogP contribution in [-0.4, -0.2) is 43.2 Å². The van der Waals surface area contributed by atoms with Crippen LogP contribution in [0, 0.1) is 10.1 Å². The quantitative estimate of drug-likeness (QED) is 0.351. The van der Waals surface area contributed by atoms with E-state index in [1.165, 1.54) is 51.7 Å². The fourth-order valence-corrected chi connectivity index (χ4v) is 2.51. The number of thiocarbonyl (C=S) groups is 1. The molecule has 0 saturated heterocycles. The molecule has 0 aromatic heterocycles. The summed E-state index contributed by atoms with van der Waals surface area (Å²) in [6.07, 6.45) is 0. The maximum Gasteiger partial charge on any atom is 0.270 e. The van der Waals surface area contributed by atoms with Gasteiger partial charge in [-0.1, -0.05) is 6.07 Å². The van der Waals surface area contributed by atoms with E-state index in [0.29, 0.717) is 5.75 Å². The highest BCUT2D eigenvalue weighted by Gasteiger charge is 2.18. The average molecular weight is 434 g/mol. The second kappa shape index (κ2) is 10.0. The number of amides is 2. The number of non-ortho nitro benzene ring substituents is 1. The van der Waals surface area contributed by atoms with Gasteiger partial charge in [0.25, 0.3) is 17.5 Å². The standard InChI is InChI=1S/C18H18N4O7S/c1-27-13-8-11(9-14(28-2)15(13)29-3)17(24)20-21-18(30)19-16(23)10-5-4-6-12(7-10)22(25)26/h4-9H,1-3H3,(H,20,24)(H2,19,21,23,30). The van der Waals surface area contributed by atoms with Crippen LogP contribution in [-0.2, 0) is 0 Å². The first-order valence-corrected chi connectivity index (χ1v) is 8.67. The van der Waals surface area contributed by atoms with E-state index in [2.05, 4.69) is 16.2 Å². The van der Waals surface area contributed by atoms with E-state index < -0.39 is 16.7 Å². The third-order valence-electron chi connectivity index (χ3n) is 3.76. The van der Waals surface area contributed by atoms with Crippen molar-refractivity contribution in [2.24, 2.45) is 0 Å². The van der Waals surface area contributed by atoms with Gasteiger partial charge in [0.15, 0.2) is 16.6 Å². The van der Waals surface area contributed by atoms with Crippen molar-refractivity contribution in [2.45, 2.75) is 0 Å². The molecule has 0 heterocycles. The van der Waals surface area contributed by atoms with E-state index >= 15 is 0 Å². The van der Waals surface area contributed by atoms with Gasteiger partial charge in [-0.3, -0.25) is 35.9 Å². The summed E-state index contributed by atoms with van der Waals surface area (Å²) in [6.45, 7) is 0. The number of rotatable bonds is 6. The third-order valence-corrected chi connectivity index (χ3v) is 3.97. The molecule has 0 atom stereocenters. The molecule has 0 fully saturated rings. The van der Waals surface area contributed by atoms with E-state index in [4.69, 9.17) is 26.4 Å². The van der Waals surface area contributed by atoms with Gasteiger partial charge in [-0.25, -0.2) is 0 Å². The Labute approximate surface area is 176 Å². The Bertz CT molecular complexity index is 971. The van der Waals surface area contributed by atoms with E-state index in [1.807, 2.05) is 0 Å². The average Bonchev–Trinajstić information content (AvgIpc) is 2.76. The number of hydrogen-bond donors (Lipinski definition) is 3. The summed E-state index contributed by atoms with van der Waals surface area (Å²) in [5.74, 6) is -0.393. The molecule has 158 valence electrons. The number of hydrazine groups is 1. The first-order chi connectivity index (χ1) is 14.3. The first kappa shape index (κ1) is 22.4. The lowest BCUT2D eigenvalue weighted by Crippen LogP contribution is -2.48. The second-order valence-electron chi connectivity index (χ2n) is 5.58. The number of benzene rings is 2. The van der Waals surface area contributed by atoms with Crippen molar-refractivity contribution in [1.29, 1.82) is 0 Å². The summed E-state index contributed by atoms with van der Waals surface area (Å²) in [4.78, 5) is 34.7. The van der Waals surface area contributed by atoms with Crippen molar-refractivity contribution < 1.29 is 28.7 Å². The molecule has 2 aromatic rings. The number of nitro benzene ring substituents is 1. The summed E-state index contributed by atoms with van der Waals surface area (Å²) >= 11 is 4.96. The predicted molar refractivity (Wildman–Crippen MR) is 110 cm³/mol. The Morgan fingerprint density at radius 2 is 1.57 bits per heavy atom. The van der Waals surface area contributed by atoms with E-state index in [9.17, 15) is 19.7 Å². The van der Waals surface area contributed by atoms with Gasteiger partial charge in [0.1, 0.15) is 0 Å². The summed E-state index contributed by atoms with van der Waals surface area (Å²) in [6, 6.07) is 7.98. The Balaban J connectivity index is 2.02. The second-order valence-corrected chi connectivity index (χ2v) is 5.99. The molecule has 0 spiro atoms. The minimum atomic E-state index is -0.682. The molecule has 0 aliphatic rings. The Morgan fingerprint density at radius 1 is 0.933 bits per heavy atom. The van der Waals surface area contributed by atoms with Gasteiger partial charge < -0.3 is 14.2 Å². The Kier molecular flexibility index (Phi) is 7.47. The molecule has 3 N–H and O–H groups in total. The molecule has 0 aliphatic carbocycles. The van der Waals surface area contributed by atoms with Gasteiger partial charge in [-0.2, -0.15) is 0 Å². The zero-order chi connectivity index (χ0) is 22.3. The molecule has 2 amide bonds. The molecular weight excluding hydrogens is 416 g/mol. The van der Waals surface area contributed by atoms with Crippen molar-refractivity contribution in [1.82, 2.24) is 16.2 Å². The van der Waals surface area contributed by atoms with Crippen LogP contribution in [0.15, 0.2) is 36.4 Å². The minimum absolute atomic E-state index is 0.0318. The molecule has 0 radical (unpaired) electrons. The lowest BCUT2D eigenvalue weighted by atomic mass is 10.1. The molecule has 0 bridgehead atoms. The molecule has 0 aliphatic heterocycles. The van der Waals surface area contributed by atoms with E-state index in [0.717, 1.165) is 6.07 Å². The topological polar surface area (TPSA) is 141 Å². The van der Waals surface area contributed by atoms with Gasteiger partial charge in [-0.15, -0.1) is 0 Å². The summed E-state index contributed by atoms with van der Waals surface area (Å²) in [5, 5.41) is 12.9. The van der Waals surface area contributed by atoms with Crippen LogP contribution in [0.25, 0.3) is 0 Å². The number of hydrogen-bond acceptors (Lipinski definition) is 8. The molecular formula is C18H18N4O7S. The van der Waals surface area contributed by atoms with Crippen LogP contribution in [0.2, 0.25) is 0 Å². The van der Waals surface area contributed by atoms with Crippen molar-refractivity contribution in [2.75, 3.05) is 21.3 Å². The maximum absolute atomic E-state index is 12.4. The Hall–Kier alpha value is -3.93. The highest BCUT2D eigenvalue weighted by molar-refractivity contribution is 7.80. The van der Waals surface area contributed by atoms with Crippen LogP contribution in [0.3, 0.4) is 0 Å². The third kappa shape index (κ3) is 5.32. The summed E-state index contributed by atoms with van der Waals surface area (Å²) in [7, 11) is 4.26. The molecule has 2 aromatic carbocycles. The highest BCUT2D eigenvalue weighted by Crippen LogP contribution is 2.38. The van der Waals surface area contributed by atoms with Crippen LogP contribution in [0.5, 0.6) is 17.2 Å². The van der Waals surface area contributed by atoms with Crippen LogP contribution < -0.4 is 30.4 Å². The minimum Gasteiger partial charge on any atom is -0.493 e. The van der Waals surface area contributed by atoms with E-state index in [1.54, 1.807) is 0 Å². The fourth-order valence-electron chi connectivity index (χ4n) is 2.37. The number of nitrogens with one attached hydrogen (secondary N) is 3. The van der Waals surface area contributed by atoms with Gasteiger partial charge in [0, 0.05) is 23.3 Å². The summed E-state index contributed by atoms with van der Waals surface area (Å²) < 4.78 is 15.6. The number of nitrogens with zero attached hydrogens (tertiary/aromatic N) is 1. The lowest BCUT2D eigenvalue weighted by Gasteiger charge is -2.15. The van der Waals surface area contributed by atoms with Crippen LogP contribution in [0.4, 0.5) is 5.69 Å². The zero-order valence-electron chi connectivity index (χ0n) is 16.2. The number of carbonyl (C=O) groups is 2. The van der Waals surface area contributed by atoms with Crippen LogP contribution in [0.1, 0.15) is 20.7 Å². The summed E-state index contributed by atoms with van der Waals surface area (Å²) in [5.41, 5.74) is 4.66. The number of nitro groups is 1. The lowest BCUT2D eigenvalue weighted by molar-refractivity contribution is -0.384. The van der Waals surface area contributed by atoms with Crippen molar-refractivity contribution in [3.8, 4) is 17.2 Å². The van der Waals surface area contributed by atoms with Gasteiger partial charge in [0.05, 0.1) is 26.3 Å². The van der Waals surface area contributed by atoms with Gasteiger partial charge in [-0.05, 0) is 30.4 Å². The smallest absolute Gasteiger partial charge is 0.270 e. The molecule has 0 saturated carbocycles.